The Bertz CT molecular complexity index is 1020. The lowest BCUT2D eigenvalue weighted by Gasteiger charge is -2.19. The maximum Gasteiger partial charge on any atom is 0.407 e. The Morgan fingerprint density at radius 2 is 1.93 bits per heavy atom. The Morgan fingerprint density at radius 1 is 1.14 bits per heavy atom. The number of hydrogen-bond donors (Lipinski definition) is 1. The molecule has 2 aromatic heterocycles. The molecule has 0 aliphatic heterocycles. The average Bonchev–Trinajstić information content (AvgIpc) is 2.64. The molecule has 0 aliphatic carbocycles. The molecule has 29 heavy (non-hydrogen) atoms. The maximum atomic E-state index is 12.4. The molecule has 2 heterocycles. The van der Waals surface area contributed by atoms with E-state index in [9.17, 15) is 13.6 Å². The highest BCUT2D eigenvalue weighted by Crippen LogP contribution is 2.25. The van der Waals surface area contributed by atoms with Crippen LogP contribution in [0.25, 0.3) is 22.0 Å². The van der Waals surface area contributed by atoms with Gasteiger partial charge < -0.3 is 14.8 Å². The third kappa shape index (κ3) is 5.84. The number of pyridine rings is 2. The number of benzene rings is 1. The van der Waals surface area contributed by atoms with Gasteiger partial charge in [0.05, 0.1) is 17.9 Å². The zero-order valence-corrected chi connectivity index (χ0v) is 16.3. The summed E-state index contributed by atoms with van der Waals surface area (Å²) >= 11 is 0. The van der Waals surface area contributed by atoms with Crippen molar-refractivity contribution in [1.82, 2.24) is 15.3 Å². The van der Waals surface area contributed by atoms with Crippen molar-refractivity contribution in [1.29, 1.82) is 0 Å². The summed E-state index contributed by atoms with van der Waals surface area (Å²) in [7, 11) is 0. The largest absolute Gasteiger partial charge is 0.444 e. The third-order valence-electron chi connectivity index (χ3n) is 3.82. The van der Waals surface area contributed by atoms with Gasteiger partial charge in [0.25, 0.3) is 0 Å². The standard InChI is InChI=1S/C21H21F2N3O3/c1-21(2,3)29-20(27)25-12-16-10-15-9-13(7-8-14(15)11-24-16)17-5-4-6-18(26-17)28-19(22)23/h4-11,19H,12H2,1-3H3,(H,25,27). The van der Waals surface area contributed by atoms with Crippen LogP contribution in [-0.2, 0) is 11.3 Å². The summed E-state index contributed by atoms with van der Waals surface area (Å²) in [5, 5.41) is 4.44. The fourth-order valence-corrected chi connectivity index (χ4v) is 2.65. The number of alkyl carbamates (subject to hydrolysis) is 1. The SMILES string of the molecule is CC(C)(C)OC(=O)NCc1cc2cc(-c3cccc(OC(F)F)n3)ccc2cn1. The first-order valence-corrected chi connectivity index (χ1v) is 8.97. The molecule has 152 valence electrons. The molecule has 1 N–H and O–H groups in total. The van der Waals surface area contributed by atoms with Gasteiger partial charge in [0, 0.05) is 23.2 Å². The number of nitrogens with zero attached hydrogens (tertiary/aromatic N) is 2. The molecule has 0 bridgehead atoms. The molecule has 3 aromatic rings. The van der Waals surface area contributed by atoms with E-state index in [-0.39, 0.29) is 12.4 Å². The quantitative estimate of drug-likeness (QED) is 0.657. The third-order valence-corrected chi connectivity index (χ3v) is 3.82. The fourth-order valence-electron chi connectivity index (χ4n) is 2.65. The van der Waals surface area contributed by atoms with E-state index in [1.807, 2.05) is 24.3 Å². The average molecular weight is 401 g/mol. The van der Waals surface area contributed by atoms with E-state index in [2.05, 4.69) is 20.0 Å². The van der Waals surface area contributed by atoms with E-state index in [1.54, 1.807) is 39.1 Å². The lowest BCUT2D eigenvalue weighted by atomic mass is 10.1. The van der Waals surface area contributed by atoms with Gasteiger partial charge in [-0.05, 0) is 44.4 Å². The summed E-state index contributed by atoms with van der Waals surface area (Å²) in [4.78, 5) is 20.3. The second-order valence-electron chi connectivity index (χ2n) is 7.33. The Labute approximate surface area is 166 Å². The first-order valence-electron chi connectivity index (χ1n) is 8.97. The highest BCUT2D eigenvalue weighted by molar-refractivity contribution is 5.86. The Morgan fingerprint density at radius 3 is 2.66 bits per heavy atom. The predicted octanol–water partition coefficient (Wildman–Crippen LogP) is 4.92. The minimum atomic E-state index is -2.93. The number of aromatic nitrogens is 2. The number of nitrogens with one attached hydrogen (secondary N) is 1. The number of amides is 1. The van der Waals surface area contributed by atoms with Gasteiger partial charge in [-0.1, -0.05) is 18.2 Å². The number of halogens is 2. The molecule has 3 rings (SSSR count). The number of rotatable bonds is 5. The van der Waals surface area contributed by atoms with Gasteiger partial charge in [-0.2, -0.15) is 8.78 Å². The van der Waals surface area contributed by atoms with E-state index >= 15 is 0 Å². The summed E-state index contributed by atoms with van der Waals surface area (Å²) < 4.78 is 34.4. The lowest BCUT2D eigenvalue weighted by molar-refractivity contribution is -0.0527. The summed E-state index contributed by atoms with van der Waals surface area (Å²) in [5.74, 6) is -0.144. The van der Waals surface area contributed by atoms with Crippen LogP contribution in [0.1, 0.15) is 26.5 Å². The second-order valence-corrected chi connectivity index (χ2v) is 7.33. The van der Waals surface area contributed by atoms with Crippen LogP contribution in [0.4, 0.5) is 13.6 Å². The number of carbonyl (C=O) groups excluding carboxylic acids is 1. The van der Waals surface area contributed by atoms with Gasteiger partial charge in [-0.25, -0.2) is 9.78 Å². The maximum absolute atomic E-state index is 12.4. The van der Waals surface area contributed by atoms with Crippen molar-refractivity contribution >= 4 is 16.9 Å². The highest BCUT2D eigenvalue weighted by Gasteiger charge is 2.16. The van der Waals surface area contributed by atoms with Crippen LogP contribution >= 0.6 is 0 Å². The van der Waals surface area contributed by atoms with Gasteiger partial charge >= 0.3 is 12.7 Å². The highest BCUT2D eigenvalue weighted by atomic mass is 19.3. The summed E-state index contributed by atoms with van der Waals surface area (Å²) in [6.07, 6.45) is 1.18. The van der Waals surface area contributed by atoms with Crippen molar-refractivity contribution in [2.45, 2.75) is 39.5 Å². The molecule has 1 aromatic carbocycles. The van der Waals surface area contributed by atoms with Crippen LogP contribution < -0.4 is 10.1 Å². The van der Waals surface area contributed by atoms with E-state index < -0.39 is 18.3 Å². The Balaban J connectivity index is 1.80. The minimum Gasteiger partial charge on any atom is -0.444 e. The van der Waals surface area contributed by atoms with Crippen LogP contribution in [0, 0.1) is 0 Å². The van der Waals surface area contributed by atoms with Crippen molar-refractivity contribution in [2.24, 2.45) is 0 Å². The van der Waals surface area contributed by atoms with Crippen LogP contribution in [-0.4, -0.2) is 28.3 Å². The zero-order valence-electron chi connectivity index (χ0n) is 16.3. The van der Waals surface area contributed by atoms with Crippen LogP contribution in [0.15, 0.2) is 48.7 Å². The minimum absolute atomic E-state index is 0.144. The number of hydrogen-bond acceptors (Lipinski definition) is 5. The molecule has 0 radical (unpaired) electrons. The summed E-state index contributed by atoms with van der Waals surface area (Å²) in [5.41, 5.74) is 1.33. The lowest BCUT2D eigenvalue weighted by Crippen LogP contribution is -2.32. The molecule has 0 unspecified atom stereocenters. The summed E-state index contributed by atoms with van der Waals surface area (Å²) in [6.45, 7) is 2.65. The van der Waals surface area contributed by atoms with Gasteiger partial charge in [-0.15, -0.1) is 0 Å². The van der Waals surface area contributed by atoms with Gasteiger partial charge in [0.15, 0.2) is 0 Å². The molecule has 1 amide bonds. The zero-order chi connectivity index (χ0) is 21.0. The van der Waals surface area contributed by atoms with Gasteiger partial charge in [0.2, 0.25) is 5.88 Å². The summed E-state index contributed by atoms with van der Waals surface area (Å²) in [6, 6.07) is 12.1. The molecule has 0 atom stereocenters. The van der Waals surface area contributed by atoms with Crippen molar-refractivity contribution in [3.63, 3.8) is 0 Å². The van der Waals surface area contributed by atoms with Crippen molar-refractivity contribution in [2.75, 3.05) is 0 Å². The molecule has 6 nitrogen and oxygen atoms in total. The molecular weight excluding hydrogens is 380 g/mol. The van der Waals surface area contributed by atoms with E-state index in [0.717, 1.165) is 16.3 Å². The molecule has 0 spiro atoms. The number of carbonyl (C=O) groups is 1. The van der Waals surface area contributed by atoms with Crippen LogP contribution in [0.5, 0.6) is 5.88 Å². The number of alkyl halides is 2. The molecule has 0 saturated heterocycles. The smallest absolute Gasteiger partial charge is 0.407 e. The topological polar surface area (TPSA) is 73.3 Å². The monoisotopic (exact) mass is 401 g/mol. The first kappa shape index (κ1) is 20.4. The molecule has 0 aliphatic rings. The van der Waals surface area contributed by atoms with E-state index in [4.69, 9.17) is 4.74 Å². The van der Waals surface area contributed by atoms with Crippen molar-refractivity contribution in [3.8, 4) is 17.1 Å². The molecular formula is C21H21F2N3O3. The second kappa shape index (κ2) is 8.38. The van der Waals surface area contributed by atoms with Crippen molar-refractivity contribution in [3.05, 3.63) is 54.4 Å². The molecule has 8 heteroatoms. The van der Waals surface area contributed by atoms with Crippen LogP contribution in [0.3, 0.4) is 0 Å². The van der Waals surface area contributed by atoms with Gasteiger partial charge in [0.1, 0.15) is 5.60 Å². The van der Waals surface area contributed by atoms with Gasteiger partial charge in [-0.3, -0.25) is 4.98 Å². The van der Waals surface area contributed by atoms with E-state index in [0.29, 0.717) is 11.4 Å². The van der Waals surface area contributed by atoms with Crippen LogP contribution in [0.2, 0.25) is 0 Å². The molecule has 0 saturated carbocycles. The first-order chi connectivity index (χ1) is 13.7. The number of ether oxygens (including phenoxy) is 2. The Hall–Kier alpha value is -3.29. The predicted molar refractivity (Wildman–Crippen MR) is 105 cm³/mol. The molecule has 0 fully saturated rings. The van der Waals surface area contributed by atoms with E-state index in [1.165, 1.54) is 6.07 Å². The number of fused-ring (bicyclic) bond motifs is 1. The van der Waals surface area contributed by atoms with Crippen molar-refractivity contribution < 1.29 is 23.0 Å². The Kier molecular flexibility index (Phi) is 5.91. The fraction of sp³-hybridized carbons (Fsp3) is 0.286. The normalized spacial score (nSPS) is 11.5.